The van der Waals surface area contributed by atoms with Crippen LogP contribution in [0.3, 0.4) is 0 Å². The van der Waals surface area contributed by atoms with E-state index in [9.17, 15) is 0 Å². The summed E-state index contributed by atoms with van der Waals surface area (Å²) in [6.07, 6.45) is 0.995. The summed E-state index contributed by atoms with van der Waals surface area (Å²) >= 11 is 5.49. The highest BCUT2D eigenvalue weighted by atomic mass is 79.9. The van der Waals surface area contributed by atoms with Gasteiger partial charge in [-0.25, -0.2) is 4.99 Å². The first-order chi connectivity index (χ1) is 12.5. The summed E-state index contributed by atoms with van der Waals surface area (Å²) in [5.74, 6) is 1.50. The molecule has 2 aliphatic heterocycles. The van der Waals surface area contributed by atoms with Crippen LogP contribution >= 0.6 is 27.3 Å². The maximum atomic E-state index is 9.13. The van der Waals surface area contributed by atoms with Gasteiger partial charge in [-0.2, -0.15) is 5.26 Å². The van der Waals surface area contributed by atoms with E-state index in [0.29, 0.717) is 11.5 Å². The number of benzene rings is 1. The first-order valence-electron chi connectivity index (χ1n) is 8.44. The number of nitrogens with zero attached hydrogens (tertiary/aromatic N) is 4. The maximum absolute atomic E-state index is 9.13. The fourth-order valence-electron chi connectivity index (χ4n) is 3.38. The molecule has 0 radical (unpaired) electrons. The number of thiophene rings is 1. The Kier molecular flexibility index (Phi) is 4.33. The van der Waals surface area contributed by atoms with Crippen LogP contribution in [0.25, 0.3) is 11.1 Å². The zero-order valence-corrected chi connectivity index (χ0v) is 16.7. The van der Waals surface area contributed by atoms with E-state index in [1.807, 2.05) is 29.2 Å². The Morgan fingerprint density at radius 1 is 1.38 bits per heavy atom. The number of nitrogens with two attached hydrogens (primary N) is 1. The molecule has 7 heteroatoms. The number of halogens is 1. The Bertz CT molecular complexity index is 957. The van der Waals surface area contributed by atoms with E-state index in [0.717, 1.165) is 41.4 Å². The molecule has 2 aromatic rings. The first-order valence-corrected chi connectivity index (χ1v) is 10.2. The van der Waals surface area contributed by atoms with E-state index in [4.69, 9.17) is 21.0 Å². The molecule has 4 rings (SSSR count). The van der Waals surface area contributed by atoms with E-state index >= 15 is 0 Å². The molecule has 0 amide bonds. The maximum Gasteiger partial charge on any atom is 0.197 e. The van der Waals surface area contributed by atoms with Crippen LogP contribution in [-0.2, 0) is 5.54 Å². The van der Waals surface area contributed by atoms with Crippen molar-refractivity contribution in [3.8, 4) is 17.2 Å². The van der Waals surface area contributed by atoms with Crippen LogP contribution in [0.2, 0.25) is 0 Å². The average Bonchev–Trinajstić information content (AvgIpc) is 3.17. The quantitative estimate of drug-likeness (QED) is 0.741. The molecule has 132 valence electrons. The average molecular weight is 428 g/mol. The summed E-state index contributed by atoms with van der Waals surface area (Å²) in [5.41, 5.74) is 8.54. The van der Waals surface area contributed by atoms with Crippen molar-refractivity contribution in [1.82, 2.24) is 4.90 Å². The number of amidine groups is 1. The van der Waals surface area contributed by atoms with Crippen LogP contribution in [0, 0.1) is 11.3 Å². The molecule has 0 bridgehead atoms. The Morgan fingerprint density at radius 3 is 3.04 bits per heavy atom. The number of guanidine groups is 1. The van der Waals surface area contributed by atoms with Gasteiger partial charge in [-0.3, -0.25) is 9.89 Å². The number of alkyl halides is 1. The number of aliphatic imine (C=N–C) groups is 2. The molecule has 0 spiro atoms. The second kappa shape index (κ2) is 6.53. The van der Waals surface area contributed by atoms with Gasteiger partial charge in [0.25, 0.3) is 0 Å². The van der Waals surface area contributed by atoms with Gasteiger partial charge in [0.15, 0.2) is 5.96 Å². The molecule has 1 aromatic heterocycles. The van der Waals surface area contributed by atoms with Gasteiger partial charge in [-0.15, -0.1) is 11.3 Å². The lowest BCUT2D eigenvalue weighted by Crippen LogP contribution is -2.57. The highest BCUT2D eigenvalue weighted by Crippen LogP contribution is 2.43. The van der Waals surface area contributed by atoms with Crippen molar-refractivity contribution >= 4 is 39.1 Å². The molecule has 1 unspecified atom stereocenters. The molecule has 5 nitrogen and oxygen atoms in total. The second-order valence-electron chi connectivity index (χ2n) is 6.62. The van der Waals surface area contributed by atoms with E-state index < -0.39 is 5.54 Å². The van der Waals surface area contributed by atoms with Crippen molar-refractivity contribution in [2.45, 2.75) is 23.7 Å². The molecule has 26 heavy (non-hydrogen) atoms. The van der Waals surface area contributed by atoms with Gasteiger partial charge in [0, 0.05) is 18.0 Å². The van der Waals surface area contributed by atoms with E-state index in [-0.39, 0.29) is 4.83 Å². The van der Waals surface area contributed by atoms with Gasteiger partial charge in [0.05, 0.1) is 11.6 Å². The molecule has 2 aliphatic rings. The standard InChI is InChI=1S/C19H18BrN5S/c1-19(16(20)17-23-6-3-7-25(17)18(22)24-19)15-9-14(11-26-15)13-5-2-4-12(8-13)10-21/h2,4-5,8-9,11,16H,3,6-7H2,1H3,(H2,22,24)/t16?,19-/m1/s1. The normalized spacial score (nSPS) is 25.1. The number of nitriles is 1. The van der Waals surface area contributed by atoms with Crippen LogP contribution in [0.1, 0.15) is 23.8 Å². The third kappa shape index (κ3) is 2.74. The highest BCUT2D eigenvalue weighted by Gasteiger charge is 2.45. The Morgan fingerprint density at radius 2 is 2.23 bits per heavy atom. The predicted octanol–water partition coefficient (Wildman–Crippen LogP) is 3.70. The fraction of sp³-hybridized carbons (Fsp3) is 0.316. The van der Waals surface area contributed by atoms with E-state index in [2.05, 4.69) is 40.4 Å². The second-order valence-corrected chi connectivity index (χ2v) is 8.44. The van der Waals surface area contributed by atoms with Crippen LogP contribution in [0.15, 0.2) is 45.7 Å². The van der Waals surface area contributed by atoms with E-state index in [1.165, 1.54) is 0 Å². The minimum Gasteiger partial charge on any atom is -0.369 e. The first kappa shape index (κ1) is 17.3. The predicted molar refractivity (Wildman–Crippen MR) is 110 cm³/mol. The summed E-state index contributed by atoms with van der Waals surface area (Å²) in [6.45, 7) is 3.78. The highest BCUT2D eigenvalue weighted by molar-refractivity contribution is 9.10. The molecule has 3 heterocycles. The molecular weight excluding hydrogens is 410 g/mol. The topological polar surface area (TPSA) is 77.8 Å². The summed E-state index contributed by atoms with van der Waals surface area (Å²) in [4.78, 5) is 12.6. The van der Waals surface area contributed by atoms with Gasteiger partial charge in [0.2, 0.25) is 0 Å². The van der Waals surface area contributed by atoms with Gasteiger partial charge in [-0.1, -0.05) is 28.1 Å². The van der Waals surface area contributed by atoms with Crippen molar-refractivity contribution in [2.75, 3.05) is 13.1 Å². The molecular formula is C19H18BrN5S. The van der Waals surface area contributed by atoms with Crippen LogP contribution in [-0.4, -0.2) is 34.6 Å². The lowest BCUT2D eigenvalue weighted by Gasteiger charge is -2.42. The third-order valence-electron chi connectivity index (χ3n) is 4.86. The van der Waals surface area contributed by atoms with Crippen LogP contribution < -0.4 is 5.73 Å². The van der Waals surface area contributed by atoms with Crippen molar-refractivity contribution in [1.29, 1.82) is 5.26 Å². The zero-order valence-electron chi connectivity index (χ0n) is 14.3. The van der Waals surface area contributed by atoms with E-state index in [1.54, 1.807) is 11.3 Å². The van der Waals surface area contributed by atoms with Crippen molar-refractivity contribution in [3.05, 3.63) is 46.2 Å². The fourth-order valence-corrected chi connectivity index (χ4v) is 5.33. The summed E-state index contributed by atoms with van der Waals surface area (Å²) in [7, 11) is 0. The molecule has 2 atom stereocenters. The van der Waals surface area contributed by atoms with Crippen molar-refractivity contribution in [3.63, 3.8) is 0 Å². The minimum atomic E-state index is -0.507. The zero-order chi connectivity index (χ0) is 18.3. The summed E-state index contributed by atoms with van der Waals surface area (Å²) < 4.78 is 0. The van der Waals surface area contributed by atoms with Gasteiger partial charge in [-0.05, 0) is 48.1 Å². The largest absolute Gasteiger partial charge is 0.369 e. The van der Waals surface area contributed by atoms with Gasteiger partial charge < -0.3 is 5.73 Å². The smallest absolute Gasteiger partial charge is 0.197 e. The lowest BCUT2D eigenvalue weighted by atomic mass is 9.92. The molecule has 2 N–H and O–H groups in total. The Balaban J connectivity index is 1.75. The van der Waals surface area contributed by atoms with Crippen LogP contribution in [0.5, 0.6) is 0 Å². The lowest BCUT2D eigenvalue weighted by molar-refractivity contribution is 0.440. The summed E-state index contributed by atoms with van der Waals surface area (Å²) in [6, 6.07) is 12.0. The van der Waals surface area contributed by atoms with Crippen molar-refractivity contribution < 1.29 is 0 Å². The Hall–Kier alpha value is -2.17. The summed E-state index contributed by atoms with van der Waals surface area (Å²) in [5, 5.41) is 11.2. The van der Waals surface area contributed by atoms with Crippen LogP contribution in [0.4, 0.5) is 0 Å². The Labute approximate surface area is 165 Å². The SMILES string of the molecule is C[C@]1(c2cc(-c3cccc(C#N)c3)cs2)N=C(N)N2CCCN=C2C1Br. The number of rotatable bonds is 2. The minimum absolute atomic E-state index is 0.0282. The number of hydrogen-bond acceptors (Lipinski definition) is 6. The molecule has 0 fully saturated rings. The molecule has 0 saturated carbocycles. The monoisotopic (exact) mass is 427 g/mol. The molecule has 0 aliphatic carbocycles. The third-order valence-corrected chi connectivity index (χ3v) is 7.31. The molecule has 1 aromatic carbocycles. The number of hydrogen-bond donors (Lipinski definition) is 1. The number of fused-ring (bicyclic) bond motifs is 1. The van der Waals surface area contributed by atoms with Crippen molar-refractivity contribution in [2.24, 2.45) is 15.7 Å². The van der Waals surface area contributed by atoms with Gasteiger partial charge >= 0.3 is 0 Å². The van der Waals surface area contributed by atoms with Gasteiger partial charge in [0.1, 0.15) is 16.2 Å². The molecule has 0 saturated heterocycles.